The molecule has 198 valence electrons. The maximum atomic E-state index is 16.9. The fourth-order valence-electron chi connectivity index (χ4n) is 5.28. The van der Waals surface area contributed by atoms with E-state index >= 15 is 4.39 Å². The van der Waals surface area contributed by atoms with Crippen molar-refractivity contribution in [1.29, 1.82) is 0 Å². The second-order valence-electron chi connectivity index (χ2n) is 10.4. The number of hydrogen-bond donors (Lipinski definition) is 1. The van der Waals surface area contributed by atoms with Crippen LogP contribution in [0.4, 0.5) is 4.39 Å². The normalized spacial score (nSPS) is 23.8. The van der Waals surface area contributed by atoms with E-state index in [1.807, 2.05) is 20.8 Å². The van der Waals surface area contributed by atoms with E-state index in [4.69, 9.17) is 9.47 Å². The number of carboxylic acid groups (broad SMARTS) is 1. The molecule has 8 nitrogen and oxygen atoms in total. The number of methoxy groups -OCH3 is 2. The lowest BCUT2D eigenvalue weighted by Crippen LogP contribution is -2.56. The van der Waals surface area contributed by atoms with Crippen LogP contribution in [0.5, 0.6) is 5.75 Å². The first kappa shape index (κ1) is 26.8. The standard InChI is InChI=1S/C27H32FN3O5S/c1-25(2,3)19-10-9-18(14-20(19)36-5)23(32)31-22(21-8-6-13-37-21)26(28,17-35-4)15-27(31,24(33)34)16-30-12-7-11-29-30/h6-14,22H,15-17H2,1-5H3,(H,33,34). The Hall–Kier alpha value is -3.24. The Kier molecular flexibility index (Phi) is 7.18. The lowest BCUT2D eigenvalue weighted by atomic mass is 9.85. The zero-order valence-corrected chi connectivity index (χ0v) is 22.4. The number of carboxylic acids is 1. The molecule has 1 saturated heterocycles. The molecule has 37 heavy (non-hydrogen) atoms. The Morgan fingerprint density at radius 2 is 2.00 bits per heavy atom. The summed E-state index contributed by atoms with van der Waals surface area (Å²) in [6, 6.07) is 8.99. The monoisotopic (exact) mass is 529 g/mol. The minimum absolute atomic E-state index is 0.208. The van der Waals surface area contributed by atoms with E-state index in [-0.39, 0.29) is 24.1 Å². The van der Waals surface area contributed by atoms with Crippen LogP contribution in [0.2, 0.25) is 0 Å². The number of hydrogen-bond acceptors (Lipinski definition) is 6. The van der Waals surface area contributed by atoms with Gasteiger partial charge in [-0.3, -0.25) is 9.48 Å². The van der Waals surface area contributed by atoms with Crippen molar-refractivity contribution in [3.8, 4) is 5.75 Å². The molecule has 1 aliphatic rings. The number of likely N-dealkylation sites (tertiary alicyclic amines) is 1. The van der Waals surface area contributed by atoms with Gasteiger partial charge >= 0.3 is 5.97 Å². The lowest BCUT2D eigenvalue weighted by molar-refractivity contribution is -0.150. The minimum Gasteiger partial charge on any atom is -0.496 e. The van der Waals surface area contributed by atoms with Crippen LogP contribution in [0.25, 0.3) is 0 Å². The molecule has 1 N–H and O–H groups in total. The summed E-state index contributed by atoms with van der Waals surface area (Å²) in [5.74, 6) is -1.42. The van der Waals surface area contributed by atoms with Crippen molar-refractivity contribution in [2.75, 3.05) is 20.8 Å². The van der Waals surface area contributed by atoms with E-state index in [1.165, 1.54) is 41.3 Å². The molecule has 0 aliphatic carbocycles. The van der Waals surface area contributed by atoms with E-state index in [2.05, 4.69) is 5.10 Å². The molecule has 0 bridgehead atoms. The number of ether oxygens (including phenoxy) is 2. The van der Waals surface area contributed by atoms with Crippen LogP contribution in [-0.4, -0.2) is 63.7 Å². The van der Waals surface area contributed by atoms with Crippen molar-refractivity contribution in [1.82, 2.24) is 14.7 Å². The van der Waals surface area contributed by atoms with Gasteiger partial charge in [-0.25, -0.2) is 9.18 Å². The first-order valence-electron chi connectivity index (χ1n) is 11.9. The summed E-state index contributed by atoms with van der Waals surface area (Å²) >= 11 is 1.27. The summed E-state index contributed by atoms with van der Waals surface area (Å²) in [7, 11) is 2.89. The smallest absolute Gasteiger partial charge is 0.331 e. The van der Waals surface area contributed by atoms with Gasteiger partial charge in [0.2, 0.25) is 0 Å². The third-order valence-corrected chi connectivity index (χ3v) is 7.77. The van der Waals surface area contributed by atoms with Gasteiger partial charge in [-0.2, -0.15) is 5.10 Å². The molecule has 1 fully saturated rings. The number of benzene rings is 1. The van der Waals surface area contributed by atoms with Crippen molar-refractivity contribution in [3.05, 3.63) is 70.2 Å². The maximum absolute atomic E-state index is 16.9. The highest BCUT2D eigenvalue weighted by molar-refractivity contribution is 7.10. The first-order chi connectivity index (χ1) is 17.5. The SMILES string of the molecule is COCC1(F)CC(Cn2cccn2)(C(=O)O)N(C(=O)c2ccc(C(C)(C)C)c(OC)c2)C1c1cccs1. The van der Waals surface area contributed by atoms with Gasteiger partial charge in [0, 0.05) is 36.4 Å². The summed E-state index contributed by atoms with van der Waals surface area (Å²) in [5.41, 5.74) is -3.24. The first-order valence-corrected chi connectivity index (χ1v) is 12.8. The summed E-state index contributed by atoms with van der Waals surface area (Å²) < 4.78 is 29.1. The van der Waals surface area contributed by atoms with Gasteiger partial charge in [-0.15, -0.1) is 11.3 Å². The van der Waals surface area contributed by atoms with Crippen LogP contribution in [0.15, 0.2) is 54.2 Å². The molecule has 1 aliphatic heterocycles. The number of halogens is 1. The summed E-state index contributed by atoms with van der Waals surface area (Å²) in [4.78, 5) is 29.1. The number of nitrogens with zero attached hydrogens (tertiary/aromatic N) is 3. The molecule has 10 heteroatoms. The highest BCUT2D eigenvalue weighted by Gasteiger charge is 2.67. The Morgan fingerprint density at radius 3 is 2.54 bits per heavy atom. The quantitative estimate of drug-likeness (QED) is 0.454. The molecular weight excluding hydrogens is 497 g/mol. The highest BCUT2D eigenvalue weighted by Crippen LogP contribution is 2.54. The molecular formula is C27H32FN3O5S. The van der Waals surface area contributed by atoms with Gasteiger partial charge in [0.1, 0.15) is 11.8 Å². The predicted molar refractivity (Wildman–Crippen MR) is 138 cm³/mol. The van der Waals surface area contributed by atoms with Crippen molar-refractivity contribution in [3.63, 3.8) is 0 Å². The predicted octanol–water partition coefficient (Wildman–Crippen LogP) is 4.72. The second-order valence-corrected chi connectivity index (χ2v) is 11.4. The van der Waals surface area contributed by atoms with Crippen molar-refractivity contribution in [2.24, 2.45) is 0 Å². The van der Waals surface area contributed by atoms with Crippen LogP contribution in [0, 0.1) is 0 Å². The number of carbonyl (C=O) groups is 2. The maximum Gasteiger partial charge on any atom is 0.331 e. The number of thiophene rings is 1. The van der Waals surface area contributed by atoms with Crippen molar-refractivity contribution < 1.29 is 28.6 Å². The number of alkyl halides is 1. The highest BCUT2D eigenvalue weighted by atomic mass is 32.1. The molecule has 1 aromatic carbocycles. The molecule has 3 heterocycles. The lowest BCUT2D eigenvalue weighted by Gasteiger charge is -2.38. The third-order valence-electron chi connectivity index (χ3n) is 6.85. The Balaban J connectivity index is 1.93. The van der Waals surface area contributed by atoms with E-state index in [0.717, 1.165) is 5.56 Å². The number of carbonyl (C=O) groups excluding carboxylic acids is 1. The molecule has 3 unspecified atom stereocenters. The molecule has 3 atom stereocenters. The van der Waals surface area contributed by atoms with Crippen LogP contribution < -0.4 is 4.74 Å². The van der Waals surface area contributed by atoms with Gasteiger partial charge in [0.15, 0.2) is 11.2 Å². The average molecular weight is 530 g/mol. The molecule has 0 saturated carbocycles. The van der Waals surface area contributed by atoms with Gasteiger partial charge in [-0.1, -0.05) is 32.9 Å². The number of aromatic nitrogens is 2. The summed E-state index contributed by atoms with van der Waals surface area (Å²) in [6.45, 7) is 5.49. The van der Waals surface area contributed by atoms with E-state index < -0.39 is 35.5 Å². The largest absolute Gasteiger partial charge is 0.496 e. The Bertz CT molecular complexity index is 1260. The average Bonchev–Trinajstić information content (AvgIpc) is 3.58. The number of aliphatic carboxylic acids is 1. The zero-order chi connectivity index (χ0) is 27.0. The van der Waals surface area contributed by atoms with Crippen LogP contribution in [0.3, 0.4) is 0 Å². The molecule has 2 aromatic heterocycles. The number of rotatable bonds is 8. The van der Waals surface area contributed by atoms with Crippen molar-refractivity contribution in [2.45, 2.75) is 56.4 Å². The van der Waals surface area contributed by atoms with Gasteiger partial charge in [0.05, 0.1) is 20.3 Å². The van der Waals surface area contributed by atoms with Crippen molar-refractivity contribution >= 4 is 23.2 Å². The minimum atomic E-state index is -2.16. The van der Waals surface area contributed by atoms with E-state index in [0.29, 0.717) is 10.6 Å². The third kappa shape index (κ3) is 4.75. The summed E-state index contributed by atoms with van der Waals surface area (Å²) in [5, 5.41) is 16.6. The Labute approximate surface area is 219 Å². The molecule has 4 rings (SSSR count). The fraction of sp³-hybridized carbons (Fsp3) is 0.444. The van der Waals surface area contributed by atoms with Gasteiger partial charge in [-0.05, 0) is 40.6 Å². The summed E-state index contributed by atoms with van der Waals surface area (Å²) in [6.07, 6.45) is 2.65. The molecule has 3 aromatic rings. The van der Waals surface area contributed by atoms with Crippen LogP contribution in [-0.2, 0) is 21.5 Å². The van der Waals surface area contributed by atoms with Gasteiger partial charge < -0.3 is 19.5 Å². The topological polar surface area (TPSA) is 93.9 Å². The molecule has 0 spiro atoms. The zero-order valence-electron chi connectivity index (χ0n) is 21.6. The number of amides is 1. The fourth-order valence-corrected chi connectivity index (χ4v) is 6.20. The van der Waals surface area contributed by atoms with Gasteiger partial charge in [0.25, 0.3) is 5.91 Å². The molecule has 1 amide bonds. The van der Waals surface area contributed by atoms with E-state index in [9.17, 15) is 14.7 Å². The molecule has 0 radical (unpaired) electrons. The van der Waals surface area contributed by atoms with Crippen LogP contribution in [0.1, 0.15) is 54.0 Å². The van der Waals surface area contributed by atoms with Crippen LogP contribution >= 0.6 is 11.3 Å². The Morgan fingerprint density at radius 1 is 1.24 bits per heavy atom. The second kappa shape index (κ2) is 9.90. The van der Waals surface area contributed by atoms with E-state index in [1.54, 1.807) is 48.0 Å².